The fourth-order valence-electron chi connectivity index (χ4n) is 2.95. The Hall–Kier alpha value is -1.95. The topological polar surface area (TPSA) is 72.1 Å². The summed E-state index contributed by atoms with van der Waals surface area (Å²) in [6.45, 7) is 1.60. The number of guanidine groups is 1. The Kier molecular flexibility index (Phi) is 6.52. The van der Waals surface area contributed by atoms with Crippen LogP contribution in [-0.2, 0) is 0 Å². The van der Waals surface area contributed by atoms with Gasteiger partial charge in [0, 0.05) is 18.7 Å². The first-order valence-corrected chi connectivity index (χ1v) is 8.13. The highest BCUT2D eigenvalue weighted by molar-refractivity contribution is 5.94. The minimum atomic E-state index is 0.386. The molecule has 0 saturated heterocycles. The van der Waals surface area contributed by atoms with E-state index in [2.05, 4.69) is 22.3 Å². The van der Waals surface area contributed by atoms with E-state index in [-0.39, 0.29) is 0 Å². The molecule has 0 heterocycles. The standard InChI is InChI=1S/C17H28N4O2/c1-21(13-6-4-5-7-13)11-10-19-17(18)20-15-12-14(22-2)8-9-16(15)23-3/h8-9,12-13H,4-7,10-11H2,1-3H3,(H3,18,19,20). The van der Waals surface area contributed by atoms with E-state index in [0.29, 0.717) is 24.3 Å². The Bertz CT molecular complexity index is 527. The molecule has 1 saturated carbocycles. The molecule has 6 nitrogen and oxygen atoms in total. The molecule has 1 aromatic rings. The van der Waals surface area contributed by atoms with Crippen molar-refractivity contribution in [2.45, 2.75) is 31.7 Å². The molecule has 1 aliphatic carbocycles. The summed E-state index contributed by atoms with van der Waals surface area (Å²) in [7, 11) is 5.42. The van der Waals surface area contributed by atoms with Gasteiger partial charge in [0.15, 0.2) is 5.96 Å². The molecule has 0 atom stereocenters. The number of hydrogen-bond donors (Lipinski definition) is 2. The van der Waals surface area contributed by atoms with Crippen LogP contribution in [0.4, 0.5) is 5.69 Å². The predicted octanol–water partition coefficient (Wildman–Crippen LogP) is 2.30. The van der Waals surface area contributed by atoms with Gasteiger partial charge < -0.3 is 25.4 Å². The highest BCUT2D eigenvalue weighted by atomic mass is 16.5. The van der Waals surface area contributed by atoms with E-state index >= 15 is 0 Å². The van der Waals surface area contributed by atoms with Gasteiger partial charge in [-0.1, -0.05) is 12.8 Å². The van der Waals surface area contributed by atoms with Gasteiger partial charge in [0.1, 0.15) is 11.5 Å². The number of methoxy groups -OCH3 is 2. The van der Waals surface area contributed by atoms with Gasteiger partial charge in [0.05, 0.1) is 26.5 Å². The van der Waals surface area contributed by atoms with Crippen molar-refractivity contribution in [3.05, 3.63) is 18.2 Å². The Balaban J connectivity index is 1.88. The van der Waals surface area contributed by atoms with E-state index in [1.165, 1.54) is 25.7 Å². The molecule has 3 N–H and O–H groups in total. The predicted molar refractivity (Wildman–Crippen MR) is 94.5 cm³/mol. The maximum atomic E-state index is 5.98. The number of benzene rings is 1. The van der Waals surface area contributed by atoms with Gasteiger partial charge in [0.25, 0.3) is 0 Å². The molecule has 0 bridgehead atoms. The summed E-state index contributed by atoms with van der Waals surface area (Å²) in [5.41, 5.74) is 6.73. The average Bonchev–Trinajstić information content (AvgIpc) is 3.09. The van der Waals surface area contributed by atoms with Crippen LogP contribution in [0.5, 0.6) is 11.5 Å². The molecule has 0 aromatic heterocycles. The number of nitrogens with two attached hydrogens (primary N) is 1. The maximum absolute atomic E-state index is 5.98. The van der Waals surface area contributed by atoms with Crippen LogP contribution in [0.2, 0.25) is 0 Å². The third kappa shape index (κ3) is 5.03. The van der Waals surface area contributed by atoms with Crippen LogP contribution in [0.1, 0.15) is 25.7 Å². The van der Waals surface area contributed by atoms with Gasteiger partial charge in [-0.05, 0) is 32.0 Å². The van der Waals surface area contributed by atoms with Crippen molar-refractivity contribution in [2.75, 3.05) is 39.7 Å². The summed E-state index contributed by atoms with van der Waals surface area (Å²) in [5.74, 6) is 1.82. The number of nitrogens with zero attached hydrogens (tertiary/aromatic N) is 2. The van der Waals surface area contributed by atoms with Crippen LogP contribution >= 0.6 is 0 Å². The lowest BCUT2D eigenvalue weighted by Gasteiger charge is -2.23. The van der Waals surface area contributed by atoms with E-state index in [0.717, 1.165) is 18.0 Å². The van der Waals surface area contributed by atoms with Crippen molar-refractivity contribution in [2.24, 2.45) is 10.7 Å². The molecule has 1 aliphatic rings. The van der Waals surface area contributed by atoms with Crippen LogP contribution in [0.25, 0.3) is 0 Å². The van der Waals surface area contributed by atoms with Crippen molar-refractivity contribution in [3.63, 3.8) is 0 Å². The van der Waals surface area contributed by atoms with Gasteiger partial charge >= 0.3 is 0 Å². The molecule has 0 unspecified atom stereocenters. The quantitative estimate of drug-likeness (QED) is 0.596. The molecule has 0 spiro atoms. The molecule has 6 heteroatoms. The lowest BCUT2D eigenvalue weighted by molar-refractivity contribution is 0.252. The van der Waals surface area contributed by atoms with Gasteiger partial charge in [0.2, 0.25) is 0 Å². The van der Waals surface area contributed by atoms with E-state index in [9.17, 15) is 0 Å². The molecule has 128 valence electrons. The Morgan fingerprint density at radius 1 is 1.30 bits per heavy atom. The summed E-state index contributed by atoms with van der Waals surface area (Å²) in [4.78, 5) is 6.79. The van der Waals surface area contributed by atoms with E-state index in [1.807, 2.05) is 18.2 Å². The van der Waals surface area contributed by atoms with Gasteiger partial charge in [-0.15, -0.1) is 0 Å². The summed E-state index contributed by atoms with van der Waals surface area (Å²) >= 11 is 0. The largest absolute Gasteiger partial charge is 0.497 e. The molecule has 0 radical (unpaired) electrons. The highest BCUT2D eigenvalue weighted by Gasteiger charge is 2.18. The van der Waals surface area contributed by atoms with E-state index < -0.39 is 0 Å². The average molecular weight is 320 g/mol. The first-order valence-electron chi connectivity index (χ1n) is 8.13. The number of nitrogens with one attached hydrogen (secondary N) is 1. The van der Waals surface area contributed by atoms with E-state index in [4.69, 9.17) is 15.2 Å². The van der Waals surface area contributed by atoms with Crippen molar-refractivity contribution in [1.82, 2.24) is 4.90 Å². The maximum Gasteiger partial charge on any atom is 0.193 e. The summed E-state index contributed by atoms with van der Waals surface area (Å²) < 4.78 is 10.5. The summed E-state index contributed by atoms with van der Waals surface area (Å²) in [5, 5.41) is 3.08. The van der Waals surface area contributed by atoms with Crippen molar-refractivity contribution >= 4 is 11.6 Å². The number of ether oxygens (including phenoxy) is 2. The molecular formula is C17H28N4O2. The third-order valence-corrected chi connectivity index (χ3v) is 4.35. The second kappa shape index (κ2) is 8.62. The lowest BCUT2D eigenvalue weighted by Crippen LogP contribution is -2.32. The molecule has 2 rings (SSSR count). The van der Waals surface area contributed by atoms with Gasteiger partial charge in [-0.25, -0.2) is 0 Å². The smallest absolute Gasteiger partial charge is 0.193 e. The number of rotatable bonds is 7. The number of aliphatic imine (C=N–C) groups is 1. The Labute approximate surface area is 138 Å². The molecule has 23 heavy (non-hydrogen) atoms. The van der Waals surface area contributed by atoms with Crippen LogP contribution in [0, 0.1) is 0 Å². The number of likely N-dealkylation sites (N-methyl/N-ethyl adjacent to an activating group) is 1. The fourth-order valence-corrected chi connectivity index (χ4v) is 2.95. The van der Waals surface area contributed by atoms with E-state index in [1.54, 1.807) is 14.2 Å². The van der Waals surface area contributed by atoms with Gasteiger partial charge in [-0.3, -0.25) is 4.99 Å². The lowest BCUT2D eigenvalue weighted by atomic mass is 10.2. The molecule has 1 aromatic carbocycles. The molecule has 0 aliphatic heterocycles. The number of anilines is 1. The normalized spacial score (nSPS) is 15.9. The third-order valence-electron chi connectivity index (χ3n) is 4.35. The van der Waals surface area contributed by atoms with Crippen LogP contribution in [-0.4, -0.2) is 51.3 Å². The molecule has 0 amide bonds. The minimum Gasteiger partial charge on any atom is -0.497 e. The highest BCUT2D eigenvalue weighted by Crippen LogP contribution is 2.28. The Morgan fingerprint density at radius 2 is 2.04 bits per heavy atom. The number of hydrogen-bond acceptors (Lipinski definition) is 4. The zero-order valence-electron chi connectivity index (χ0n) is 14.3. The second-order valence-corrected chi connectivity index (χ2v) is 5.88. The first kappa shape index (κ1) is 17.4. The minimum absolute atomic E-state index is 0.386. The molecular weight excluding hydrogens is 292 g/mol. The van der Waals surface area contributed by atoms with Crippen molar-refractivity contribution in [1.29, 1.82) is 0 Å². The van der Waals surface area contributed by atoms with Crippen molar-refractivity contribution in [3.8, 4) is 11.5 Å². The van der Waals surface area contributed by atoms with Crippen LogP contribution in [0.3, 0.4) is 0 Å². The summed E-state index contributed by atoms with van der Waals surface area (Å²) in [6, 6.07) is 6.22. The van der Waals surface area contributed by atoms with Gasteiger partial charge in [-0.2, -0.15) is 0 Å². The Morgan fingerprint density at radius 3 is 2.70 bits per heavy atom. The monoisotopic (exact) mass is 320 g/mol. The van der Waals surface area contributed by atoms with Crippen LogP contribution < -0.4 is 20.5 Å². The fraction of sp³-hybridized carbons (Fsp3) is 0.588. The van der Waals surface area contributed by atoms with Crippen molar-refractivity contribution < 1.29 is 9.47 Å². The zero-order valence-corrected chi connectivity index (χ0v) is 14.3. The molecule has 1 fully saturated rings. The zero-order chi connectivity index (χ0) is 16.7. The second-order valence-electron chi connectivity index (χ2n) is 5.88. The van der Waals surface area contributed by atoms with Crippen LogP contribution in [0.15, 0.2) is 23.2 Å². The SMILES string of the molecule is COc1ccc(OC)c(NC(N)=NCCN(C)C2CCCC2)c1. The summed E-state index contributed by atoms with van der Waals surface area (Å²) in [6.07, 6.45) is 5.29. The first-order chi connectivity index (χ1) is 11.1.